The summed E-state index contributed by atoms with van der Waals surface area (Å²) in [5.74, 6) is -0.473. The highest BCUT2D eigenvalue weighted by Gasteiger charge is 2.52. The molecule has 1 saturated carbocycles. The predicted octanol–water partition coefficient (Wildman–Crippen LogP) is 4.37. The van der Waals surface area contributed by atoms with E-state index in [2.05, 4.69) is 5.32 Å². The van der Waals surface area contributed by atoms with Crippen molar-refractivity contribution in [3.05, 3.63) is 59.1 Å². The summed E-state index contributed by atoms with van der Waals surface area (Å²) in [6.07, 6.45) is 2.09. The molecule has 0 heterocycles. The van der Waals surface area contributed by atoms with Crippen molar-refractivity contribution in [2.45, 2.75) is 42.2 Å². The molecule has 1 aliphatic carbocycles. The highest BCUT2D eigenvalue weighted by Crippen LogP contribution is 2.41. The second kappa shape index (κ2) is 6.81. The van der Waals surface area contributed by atoms with Gasteiger partial charge >= 0.3 is 0 Å². The first-order chi connectivity index (χ1) is 11.9. The molecule has 0 aliphatic heterocycles. The number of hydrogen-bond acceptors (Lipinski definition) is 3. The van der Waals surface area contributed by atoms with Gasteiger partial charge in [0, 0.05) is 10.7 Å². The molecule has 25 heavy (non-hydrogen) atoms. The molecule has 4 nitrogen and oxygen atoms in total. The summed E-state index contributed by atoms with van der Waals surface area (Å²) in [5.41, 5.74) is 1.38. The largest absolute Gasteiger partial charge is 0.324 e. The van der Waals surface area contributed by atoms with Crippen molar-refractivity contribution in [2.75, 3.05) is 5.32 Å². The molecule has 1 fully saturated rings. The van der Waals surface area contributed by atoms with Gasteiger partial charge in [-0.1, -0.05) is 48.7 Å². The van der Waals surface area contributed by atoms with Gasteiger partial charge in [0.25, 0.3) is 0 Å². The number of hydrogen-bond donors (Lipinski definition) is 1. The smallest absolute Gasteiger partial charge is 0.246 e. The normalized spacial score (nSPS) is 16.6. The maximum Gasteiger partial charge on any atom is 0.246 e. The molecular formula is C19H20ClNO3S. The Morgan fingerprint density at radius 2 is 1.72 bits per heavy atom. The first-order valence-corrected chi connectivity index (χ1v) is 10.1. The highest BCUT2D eigenvalue weighted by atomic mass is 35.5. The summed E-state index contributed by atoms with van der Waals surface area (Å²) in [6.45, 7) is 1.85. The molecule has 0 atom stereocenters. The minimum atomic E-state index is -3.79. The van der Waals surface area contributed by atoms with Crippen molar-refractivity contribution in [3.63, 3.8) is 0 Å². The maximum atomic E-state index is 13.3. The van der Waals surface area contributed by atoms with Gasteiger partial charge in [-0.15, -0.1) is 0 Å². The van der Waals surface area contributed by atoms with Crippen molar-refractivity contribution in [3.8, 4) is 0 Å². The molecule has 0 spiro atoms. The molecule has 0 bridgehead atoms. The first kappa shape index (κ1) is 18.0. The third-order valence-corrected chi connectivity index (χ3v) is 7.59. The molecule has 6 heteroatoms. The van der Waals surface area contributed by atoms with Crippen molar-refractivity contribution in [2.24, 2.45) is 0 Å². The molecule has 2 aromatic rings. The van der Waals surface area contributed by atoms with Crippen LogP contribution in [-0.2, 0) is 14.6 Å². The molecule has 2 aromatic carbocycles. The van der Waals surface area contributed by atoms with Crippen molar-refractivity contribution in [1.29, 1.82) is 0 Å². The Kier molecular flexibility index (Phi) is 4.89. The number of aryl methyl sites for hydroxylation is 1. The molecule has 1 aliphatic rings. The number of carbonyl (C=O) groups is 1. The quantitative estimate of drug-likeness (QED) is 0.860. The Labute approximate surface area is 153 Å². The van der Waals surface area contributed by atoms with Crippen LogP contribution in [-0.4, -0.2) is 19.1 Å². The van der Waals surface area contributed by atoms with Gasteiger partial charge in [0.15, 0.2) is 14.6 Å². The van der Waals surface area contributed by atoms with Crippen LogP contribution in [0.4, 0.5) is 5.69 Å². The van der Waals surface area contributed by atoms with Crippen LogP contribution in [0.2, 0.25) is 5.02 Å². The molecule has 132 valence electrons. The van der Waals surface area contributed by atoms with Crippen LogP contribution in [0, 0.1) is 6.92 Å². The lowest BCUT2D eigenvalue weighted by Gasteiger charge is -2.28. The van der Waals surface area contributed by atoms with E-state index in [1.807, 2.05) is 6.92 Å². The van der Waals surface area contributed by atoms with E-state index in [0.29, 0.717) is 36.4 Å². The topological polar surface area (TPSA) is 63.2 Å². The van der Waals surface area contributed by atoms with Crippen LogP contribution in [0.25, 0.3) is 0 Å². The van der Waals surface area contributed by atoms with Gasteiger partial charge in [0.05, 0.1) is 4.90 Å². The summed E-state index contributed by atoms with van der Waals surface area (Å²) >= 11 is 6.01. The van der Waals surface area contributed by atoms with Crippen LogP contribution in [0.5, 0.6) is 0 Å². The SMILES string of the molecule is Cc1ccc(Cl)cc1NC(=O)C1(S(=O)(=O)c2ccccc2)CCCC1. The Morgan fingerprint density at radius 1 is 1.08 bits per heavy atom. The molecule has 0 unspecified atom stereocenters. The first-order valence-electron chi connectivity index (χ1n) is 8.24. The second-order valence-corrected chi connectivity index (χ2v) is 9.13. The van der Waals surface area contributed by atoms with E-state index in [9.17, 15) is 13.2 Å². The average molecular weight is 378 g/mol. The Bertz CT molecular complexity index is 888. The van der Waals surface area contributed by atoms with Crippen molar-refractivity contribution < 1.29 is 13.2 Å². The number of benzene rings is 2. The zero-order valence-corrected chi connectivity index (χ0v) is 15.5. The van der Waals surface area contributed by atoms with Crippen LogP contribution >= 0.6 is 11.6 Å². The Morgan fingerprint density at radius 3 is 2.36 bits per heavy atom. The lowest BCUT2D eigenvalue weighted by molar-refractivity contribution is -0.118. The van der Waals surface area contributed by atoms with E-state index in [1.165, 1.54) is 0 Å². The summed E-state index contributed by atoms with van der Waals surface area (Å²) in [6, 6.07) is 13.4. The Balaban J connectivity index is 2.01. The Hall–Kier alpha value is -1.85. The maximum absolute atomic E-state index is 13.3. The number of rotatable bonds is 4. The van der Waals surface area contributed by atoms with Gasteiger partial charge in [-0.2, -0.15) is 0 Å². The predicted molar refractivity (Wildman–Crippen MR) is 99.6 cm³/mol. The van der Waals surface area contributed by atoms with Gasteiger partial charge in [0.1, 0.15) is 0 Å². The van der Waals surface area contributed by atoms with Crippen molar-refractivity contribution >= 4 is 33.0 Å². The third-order valence-electron chi connectivity index (χ3n) is 4.84. The number of anilines is 1. The van der Waals surface area contributed by atoms with Crippen LogP contribution in [0.15, 0.2) is 53.4 Å². The molecule has 1 amide bonds. The van der Waals surface area contributed by atoms with E-state index < -0.39 is 20.5 Å². The minimum absolute atomic E-state index is 0.190. The fourth-order valence-electron chi connectivity index (χ4n) is 3.35. The zero-order valence-electron chi connectivity index (χ0n) is 14.0. The van der Waals surface area contributed by atoms with Gasteiger partial charge in [-0.05, 0) is 49.6 Å². The molecule has 3 rings (SSSR count). The van der Waals surface area contributed by atoms with E-state index >= 15 is 0 Å². The number of amides is 1. The minimum Gasteiger partial charge on any atom is -0.324 e. The van der Waals surface area contributed by atoms with Gasteiger partial charge in [-0.3, -0.25) is 4.79 Å². The van der Waals surface area contributed by atoms with E-state index in [0.717, 1.165) is 5.56 Å². The van der Waals surface area contributed by atoms with Gasteiger partial charge in [0.2, 0.25) is 5.91 Å². The molecule has 1 N–H and O–H groups in total. The standard InChI is InChI=1S/C19H20ClNO3S/c1-14-9-10-15(20)13-17(14)21-18(22)19(11-5-6-12-19)25(23,24)16-7-3-2-4-8-16/h2-4,7-10,13H,5-6,11-12H2,1H3,(H,21,22). The van der Waals surface area contributed by atoms with E-state index in [1.54, 1.807) is 48.5 Å². The van der Waals surface area contributed by atoms with E-state index in [-0.39, 0.29) is 4.90 Å². The monoisotopic (exact) mass is 377 g/mol. The van der Waals surface area contributed by atoms with Gasteiger partial charge in [-0.25, -0.2) is 8.42 Å². The lowest BCUT2D eigenvalue weighted by atomic mass is 10.1. The van der Waals surface area contributed by atoms with Crippen LogP contribution in [0.1, 0.15) is 31.2 Å². The van der Waals surface area contributed by atoms with E-state index in [4.69, 9.17) is 11.6 Å². The summed E-state index contributed by atoms with van der Waals surface area (Å²) in [7, 11) is -3.79. The summed E-state index contributed by atoms with van der Waals surface area (Å²) < 4.78 is 25.1. The number of carbonyl (C=O) groups excluding carboxylic acids is 1. The number of nitrogens with one attached hydrogen (secondary N) is 1. The van der Waals surface area contributed by atoms with Crippen molar-refractivity contribution in [1.82, 2.24) is 0 Å². The third kappa shape index (κ3) is 3.18. The number of sulfone groups is 1. The highest BCUT2D eigenvalue weighted by molar-refractivity contribution is 7.93. The summed E-state index contributed by atoms with van der Waals surface area (Å²) in [5, 5.41) is 3.30. The number of halogens is 1. The van der Waals surface area contributed by atoms with Crippen LogP contribution in [0.3, 0.4) is 0 Å². The average Bonchev–Trinajstić information content (AvgIpc) is 3.10. The fraction of sp³-hybridized carbons (Fsp3) is 0.316. The fourth-order valence-corrected chi connectivity index (χ4v) is 5.61. The molecule has 0 aromatic heterocycles. The second-order valence-electron chi connectivity index (χ2n) is 6.43. The molecular weight excluding hydrogens is 358 g/mol. The van der Waals surface area contributed by atoms with Gasteiger partial charge < -0.3 is 5.32 Å². The van der Waals surface area contributed by atoms with Crippen LogP contribution < -0.4 is 5.32 Å². The zero-order chi connectivity index (χ0) is 18.1. The summed E-state index contributed by atoms with van der Waals surface area (Å²) in [4.78, 5) is 13.3. The lowest BCUT2D eigenvalue weighted by Crippen LogP contribution is -2.47. The molecule has 0 saturated heterocycles. The molecule has 0 radical (unpaired) electrons.